The van der Waals surface area contributed by atoms with Gasteiger partial charge in [-0.05, 0) is 48.4 Å². The second-order valence-electron chi connectivity index (χ2n) is 8.16. The number of nitrogens with zero attached hydrogens (tertiary/aromatic N) is 1. The number of nitrogens with one attached hydrogen (secondary N) is 1. The molecule has 8 heteroatoms. The number of aliphatic hydroxyl groups is 1. The number of likely N-dealkylation sites (tertiary alicyclic amines) is 1. The molecule has 0 saturated carbocycles. The molecule has 170 valence electrons. The quantitative estimate of drug-likeness (QED) is 0.364. The number of aliphatic hydroxyl groups excluding tert-OH is 1. The Morgan fingerprint density at radius 3 is 2.44 bits per heavy atom. The van der Waals surface area contributed by atoms with Crippen LogP contribution in [0.4, 0.5) is 0 Å². The van der Waals surface area contributed by atoms with Gasteiger partial charge in [-0.15, -0.1) is 0 Å². The second kappa shape index (κ2) is 9.94. The molecule has 0 bridgehead atoms. The van der Waals surface area contributed by atoms with E-state index >= 15 is 0 Å². The van der Waals surface area contributed by atoms with Gasteiger partial charge < -0.3 is 19.6 Å². The summed E-state index contributed by atoms with van der Waals surface area (Å²) in [7, 11) is 5.61. The zero-order valence-electron chi connectivity index (χ0n) is 18.5. The molecule has 1 aliphatic rings. The van der Waals surface area contributed by atoms with Gasteiger partial charge in [-0.1, -0.05) is 29.3 Å². The van der Waals surface area contributed by atoms with Gasteiger partial charge in [-0.25, -0.2) is 0 Å². The zero-order valence-corrected chi connectivity index (χ0v) is 20.0. The van der Waals surface area contributed by atoms with Gasteiger partial charge in [0.15, 0.2) is 0 Å². The Balaban J connectivity index is 2.13. The number of halogens is 2. The average molecular weight is 478 g/mol. The average Bonchev–Trinajstić information content (AvgIpc) is 3.00. The smallest absolute Gasteiger partial charge is 0.295 e. The fraction of sp³-hybridized carbons (Fsp3) is 0.333. The molecule has 1 fully saturated rings. The standard InChI is InChI=1S/C24H26Cl2N2O4/c1-14-12-16(7-9-19(14)32-4)22(29)20-21(15-6-8-17(25)18(26)13-15)28(24(31)23(20)30)11-5-10-27(2)3/h6-9,12-13,21,29H,5,10-11H2,1-4H3/p+1. The molecule has 3 rings (SSSR count). The van der Waals surface area contributed by atoms with Crippen LogP contribution in [0.5, 0.6) is 5.75 Å². The number of Topliss-reactive ketones (excluding diaryl/α,β-unsaturated/α-hetero) is 1. The van der Waals surface area contributed by atoms with Crippen molar-refractivity contribution in [3.63, 3.8) is 0 Å². The number of rotatable bonds is 7. The molecular formula is C24H27Cl2N2O4+. The minimum Gasteiger partial charge on any atom is -0.507 e. The first-order chi connectivity index (χ1) is 15.1. The number of hydrogen-bond acceptors (Lipinski definition) is 4. The van der Waals surface area contributed by atoms with Crippen molar-refractivity contribution in [3.8, 4) is 5.75 Å². The molecule has 0 aliphatic carbocycles. The van der Waals surface area contributed by atoms with Gasteiger partial charge in [-0.2, -0.15) is 0 Å². The summed E-state index contributed by atoms with van der Waals surface area (Å²) in [6.07, 6.45) is 0.703. The lowest BCUT2D eigenvalue weighted by atomic mass is 9.94. The van der Waals surface area contributed by atoms with Crippen LogP contribution in [0, 0.1) is 6.92 Å². The maximum atomic E-state index is 13.1. The molecule has 32 heavy (non-hydrogen) atoms. The van der Waals surface area contributed by atoms with Crippen molar-refractivity contribution in [1.82, 2.24) is 4.90 Å². The highest BCUT2D eigenvalue weighted by Gasteiger charge is 2.46. The van der Waals surface area contributed by atoms with Crippen LogP contribution in [0.3, 0.4) is 0 Å². The van der Waals surface area contributed by atoms with Gasteiger partial charge in [0.2, 0.25) is 0 Å². The maximum absolute atomic E-state index is 13.1. The SMILES string of the molecule is COc1ccc(C(O)=C2C(=O)C(=O)N(CCC[NH+](C)C)C2c2ccc(Cl)c(Cl)c2)cc1C. The van der Waals surface area contributed by atoms with E-state index in [9.17, 15) is 14.7 Å². The minimum absolute atomic E-state index is 0.0372. The van der Waals surface area contributed by atoms with E-state index in [-0.39, 0.29) is 11.3 Å². The largest absolute Gasteiger partial charge is 0.507 e. The molecule has 2 aromatic rings. The van der Waals surface area contributed by atoms with E-state index < -0.39 is 17.7 Å². The normalized spacial score (nSPS) is 18.0. The lowest BCUT2D eigenvalue weighted by Gasteiger charge is -2.26. The molecule has 1 saturated heterocycles. The van der Waals surface area contributed by atoms with Crippen LogP contribution in [0.2, 0.25) is 10.0 Å². The van der Waals surface area contributed by atoms with Gasteiger partial charge in [0.1, 0.15) is 11.5 Å². The van der Waals surface area contributed by atoms with Gasteiger partial charge >= 0.3 is 0 Å². The molecule has 1 heterocycles. The highest BCUT2D eigenvalue weighted by Crippen LogP contribution is 2.41. The van der Waals surface area contributed by atoms with E-state index in [4.69, 9.17) is 27.9 Å². The summed E-state index contributed by atoms with van der Waals surface area (Å²) < 4.78 is 5.28. The Morgan fingerprint density at radius 1 is 1.12 bits per heavy atom. The zero-order chi connectivity index (χ0) is 23.6. The molecule has 1 aliphatic heterocycles. The summed E-state index contributed by atoms with van der Waals surface area (Å²) in [6.45, 7) is 3.04. The van der Waals surface area contributed by atoms with E-state index in [0.717, 1.165) is 12.1 Å². The molecule has 2 aromatic carbocycles. The van der Waals surface area contributed by atoms with E-state index in [0.29, 0.717) is 39.9 Å². The van der Waals surface area contributed by atoms with Crippen molar-refractivity contribution in [3.05, 3.63) is 68.7 Å². The van der Waals surface area contributed by atoms with Gasteiger partial charge in [-0.3, -0.25) is 9.59 Å². The lowest BCUT2D eigenvalue weighted by molar-refractivity contribution is -0.858. The van der Waals surface area contributed by atoms with E-state index in [2.05, 4.69) is 0 Å². The predicted molar refractivity (Wildman–Crippen MR) is 125 cm³/mol. The summed E-state index contributed by atoms with van der Waals surface area (Å²) in [4.78, 5) is 28.8. The van der Waals surface area contributed by atoms with Crippen molar-refractivity contribution in [2.45, 2.75) is 19.4 Å². The van der Waals surface area contributed by atoms with Crippen LogP contribution in [0.15, 0.2) is 42.0 Å². The second-order valence-corrected chi connectivity index (χ2v) is 8.98. The Morgan fingerprint density at radius 2 is 1.84 bits per heavy atom. The van der Waals surface area contributed by atoms with Crippen LogP contribution in [0.1, 0.15) is 29.2 Å². The molecule has 0 aromatic heterocycles. The van der Waals surface area contributed by atoms with Crippen molar-refractivity contribution in [2.24, 2.45) is 0 Å². The van der Waals surface area contributed by atoms with Gasteiger partial charge in [0.25, 0.3) is 11.7 Å². The van der Waals surface area contributed by atoms with Crippen LogP contribution >= 0.6 is 23.2 Å². The van der Waals surface area contributed by atoms with E-state index in [1.165, 1.54) is 9.80 Å². The van der Waals surface area contributed by atoms with Crippen molar-refractivity contribution in [1.29, 1.82) is 0 Å². The number of hydrogen-bond donors (Lipinski definition) is 2. The fourth-order valence-corrected chi connectivity index (χ4v) is 4.23. The number of quaternary nitrogens is 1. The van der Waals surface area contributed by atoms with E-state index in [1.807, 2.05) is 21.0 Å². The van der Waals surface area contributed by atoms with E-state index in [1.54, 1.807) is 43.5 Å². The number of ether oxygens (including phenoxy) is 1. The summed E-state index contributed by atoms with van der Waals surface area (Å²) in [5.74, 6) is -0.925. The lowest BCUT2D eigenvalue weighted by Crippen LogP contribution is -3.05. The molecule has 1 atom stereocenters. The molecule has 0 spiro atoms. The van der Waals surface area contributed by atoms with Crippen LogP contribution < -0.4 is 9.64 Å². The third kappa shape index (κ3) is 4.77. The predicted octanol–water partition coefficient (Wildman–Crippen LogP) is 3.27. The number of ketones is 1. The molecule has 2 N–H and O–H groups in total. The molecule has 0 radical (unpaired) electrons. The molecule has 6 nitrogen and oxygen atoms in total. The summed E-state index contributed by atoms with van der Waals surface area (Å²) in [5.41, 5.74) is 1.88. The van der Waals surface area contributed by atoms with Gasteiger partial charge in [0, 0.05) is 18.5 Å². The van der Waals surface area contributed by atoms with Crippen molar-refractivity contribution in [2.75, 3.05) is 34.3 Å². The van der Waals surface area contributed by atoms with Gasteiger partial charge in [0.05, 0.1) is 49.4 Å². The maximum Gasteiger partial charge on any atom is 0.295 e. The highest BCUT2D eigenvalue weighted by atomic mass is 35.5. The summed E-state index contributed by atoms with van der Waals surface area (Å²) in [5, 5.41) is 11.8. The first-order valence-electron chi connectivity index (χ1n) is 10.3. The topological polar surface area (TPSA) is 71.3 Å². The monoisotopic (exact) mass is 477 g/mol. The number of carbonyl (C=O) groups is 2. The number of carbonyl (C=O) groups excluding carboxylic acids is 2. The molecule has 1 amide bonds. The van der Waals surface area contributed by atoms with Crippen molar-refractivity contribution < 1.29 is 24.3 Å². The Labute approximate surface area is 198 Å². The summed E-state index contributed by atoms with van der Waals surface area (Å²) >= 11 is 12.3. The molecule has 1 unspecified atom stereocenters. The third-order valence-corrected chi connectivity index (χ3v) is 6.28. The number of amides is 1. The van der Waals surface area contributed by atoms with Crippen LogP contribution in [-0.2, 0) is 9.59 Å². The Hall–Kier alpha value is -2.54. The number of aryl methyl sites for hydroxylation is 1. The fourth-order valence-electron chi connectivity index (χ4n) is 3.92. The Bertz CT molecular complexity index is 1080. The first kappa shape index (κ1) is 24.1. The third-order valence-electron chi connectivity index (χ3n) is 5.54. The van der Waals surface area contributed by atoms with Crippen LogP contribution in [0.25, 0.3) is 5.76 Å². The highest BCUT2D eigenvalue weighted by molar-refractivity contribution is 6.46. The first-order valence-corrected chi connectivity index (χ1v) is 11.1. The van der Waals surface area contributed by atoms with Crippen molar-refractivity contribution >= 4 is 40.7 Å². The number of benzene rings is 2. The summed E-state index contributed by atoms with van der Waals surface area (Å²) in [6, 6.07) is 9.33. The Kier molecular flexibility index (Phi) is 7.49. The minimum atomic E-state index is -0.760. The van der Waals surface area contributed by atoms with Crippen LogP contribution in [-0.4, -0.2) is 56.0 Å². The molecular weight excluding hydrogens is 451 g/mol. The number of methoxy groups -OCH3 is 1.